The van der Waals surface area contributed by atoms with Gasteiger partial charge < -0.3 is 10.1 Å². The maximum Gasteiger partial charge on any atom is 0.250 e. The Morgan fingerprint density at radius 3 is 2.70 bits per heavy atom. The number of rotatable bonds is 6. The first-order valence-electron chi connectivity index (χ1n) is 6.57. The number of nitrogens with one attached hydrogen (secondary N) is 1. The number of benzene rings is 2. The third-order valence-corrected chi connectivity index (χ3v) is 3.25. The van der Waals surface area contributed by atoms with Crippen LogP contribution in [0.2, 0.25) is 5.02 Å². The summed E-state index contributed by atoms with van der Waals surface area (Å²) >= 11 is 5.97. The molecular formula is C16H13ClN2O4. The third kappa shape index (κ3) is 4.08. The number of carbonyl (C=O) groups is 1. The van der Waals surface area contributed by atoms with Gasteiger partial charge in [-0.3, -0.25) is 14.9 Å². The van der Waals surface area contributed by atoms with Crippen molar-refractivity contribution >= 4 is 23.1 Å². The fourth-order valence-electron chi connectivity index (χ4n) is 2.00. The minimum Gasteiger partial charge on any atom is -0.496 e. The molecule has 6 nitrogen and oxygen atoms in total. The fraction of sp³-hybridized carbons (Fsp3) is 0.0625. The monoisotopic (exact) mass is 332 g/mol. The Bertz CT molecular complexity index is 774. The summed E-state index contributed by atoms with van der Waals surface area (Å²) in [7, 11) is 1.48. The molecule has 0 spiro atoms. The van der Waals surface area contributed by atoms with Crippen LogP contribution < -0.4 is 10.1 Å². The molecule has 2 rings (SSSR count). The van der Waals surface area contributed by atoms with Crippen LogP contribution in [0.25, 0.3) is 0 Å². The Morgan fingerprint density at radius 2 is 2.00 bits per heavy atom. The maximum absolute atomic E-state index is 12.8. The van der Waals surface area contributed by atoms with Gasteiger partial charge in [-0.2, -0.15) is 0 Å². The quantitative estimate of drug-likeness (QED) is 0.495. The number of hydrogen-bond acceptors (Lipinski definition) is 5. The van der Waals surface area contributed by atoms with E-state index in [1.807, 2.05) is 0 Å². The fourth-order valence-corrected chi connectivity index (χ4v) is 2.17. The lowest BCUT2D eigenvalue weighted by atomic mass is 10.0. The number of methoxy groups -OCH3 is 1. The van der Waals surface area contributed by atoms with Gasteiger partial charge in [0.2, 0.25) is 6.20 Å². The van der Waals surface area contributed by atoms with Crippen molar-refractivity contribution in [2.24, 2.45) is 0 Å². The van der Waals surface area contributed by atoms with Crippen molar-refractivity contribution < 1.29 is 14.5 Å². The normalized spacial score (nSPS) is 10.5. The number of nitro groups is 1. The standard InChI is InChI=1S/C16H13ClN2O4/c1-23-15-5-3-2-4-12(15)16(20)13-10-11(17)6-7-14(13)18-8-9-19(21)22/h2-10,18H,1H3. The van der Waals surface area contributed by atoms with E-state index in [-0.39, 0.29) is 11.3 Å². The van der Waals surface area contributed by atoms with E-state index < -0.39 is 4.92 Å². The molecule has 0 bridgehead atoms. The highest BCUT2D eigenvalue weighted by atomic mass is 35.5. The molecule has 0 radical (unpaired) electrons. The first-order valence-corrected chi connectivity index (χ1v) is 6.94. The van der Waals surface area contributed by atoms with Crippen molar-refractivity contribution in [3.05, 3.63) is 81.1 Å². The lowest BCUT2D eigenvalue weighted by Crippen LogP contribution is -2.07. The Balaban J connectivity index is 2.43. The molecule has 2 aromatic rings. The number of nitrogens with zero attached hydrogens (tertiary/aromatic N) is 1. The van der Waals surface area contributed by atoms with Gasteiger partial charge in [0.05, 0.1) is 23.8 Å². The van der Waals surface area contributed by atoms with Crippen molar-refractivity contribution in [2.75, 3.05) is 12.4 Å². The largest absolute Gasteiger partial charge is 0.496 e. The molecule has 1 N–H and O–H groups in total. The van der Waals surface area contributed by atoms with Crippen LogP contribution in [-0.4, -0.2) is 17.8 Å². The van der Waals surface area contributed by atoms with Gasteiger partial charge in [-0.25, -0.2) is 0 Å². The molecule has 0 saturated carbocycles. The van der Waals surface area contributed by atoms with Crippen molar-refractivity contribution in [3.8, 4) is 5.75 Å². The van der Waals surface area contributed by atoms with Gasteiger partial charge >= 0.3 is 0 Å². The lowest BCUT2D eigenvalue weighted by Gasteiger charge is -2.11. The van der Waals surface area contributed by atoms with Crippen molar-refractivity contribution in [1.82, 2.24) is 0 Å². The predicted octanol–water partition coefficient (Wildman–Crippen LogP) is 3.74. The van der Waals surface area contributed by atoms with Crippen LogP contribution in [0.1, 0.15) is 15.9 Å². The van der Waals surface area contributed by atoms with E-state index in [0.29, 0.717) is 22.0 Å². The zero-order chi connectivity index (χ0) is 16.8. The highest BCUT2D eigenvalue weighted by molar-refractivity contribution is 6.31. The molecule has 2 aromatic carbocycles. The number of halogens is 1. The smallest absolute Gasteiger partial charge is 0.250 e. The summed E-state index contributed by atoms with van der Waals surface area (Å²) < 4.78 is 5.19. The molecule has 0 fully saturated rings. The molecule has 7 heteroatoms. The Kier molecular flexibility index (Phi) is 5.32. The van der Waals surface area contributed by atoms with Crippen LogP contribution in [-0.2, 0) is 0 Å². The molecule has 0 aliphatic rings. The molecule has 0 aliphatic carbocycles. The summed E-state index contributed by atoms with van der Waals surface area (Å²) in [6.07, 6.45) is 1.88. The number of ketones is 1. The molecule has 0 aromatic heterocycles. The Hall–Kier alpha value is -2.86. The number of para-hydroxylation sites is 1. The summed E-state index contributed by atoms with van der Waals surface area (Å²) in [5, 5.41) is 13.4. The molecule has 0 unspecified atom stereocenters. The van der Waals surface area contributed by atoms with E-state index in [4.69, 9.17) is 16.3 Å². The van der Waals surface area contributed by atoms with Gasteiger partial charge in [-0.05, 0) is 30.3 Å². The third-order valence-electron chi connectivity index (χ3n) is 3.01. The Morgan fingerprint density at radius 1 is 1.26 bits per heavy atom. The number of anilines is 1. The second-order valence-electron chi connectivity index (χ2n) is 4.46. The van der Waals surface area contributed by atoms with Crippen LogP contribution in [0.15, 0.2) is 54.9 Å². The van der Waals surface area contributed by atoms with Gasteiger partial charge in [0.1, 0.15) is 5.75 Å². The molecule has 0 amide bonds. The summed E-state index contributed by atoms with van der Waals surface area (Å²) in [6.45, 7) is 0. The minimum absolute atomic E-state index is 0.287. The first-order chi connectivity index (χ1) is 11.0. The second kappa shape index (κ2) is 7.42. The Labute approximate surface area is 137 Å². The van der Waals surface area contributed by atoms with Crippen LogP contribution in [0, 0.1) is 10.1 Å². The van der Waals surface area contributed by atoms with Gasteiger partial charge in [0.15, 0.2) is 5.78 Å². The van der Waals surface area contributed by atoms with E-state index in [1.165, 1.54) is 13.2 Å². The summed E-state index contributed by atoms with van der Waals surface area (Å²) in [6, 6.07) is 11.5. The molecule has 118 valence electrons. The molecule has 0 saturated heterocycles. The van der Waals surface area contributed by atoms with E-state index >= 15 is 0 Å². The summed E-state index contributed by atoms with van der Waals surface area (Å²) in [5.74, 6) is 0.131. The SMILES string of the molecule is COc1ccccc1C(=O)c1cc(Cl)ccc1NC=C[N+](=O)[O-]. The van der Waals surface area contributed by atoms with Crippen molar-refractivity contribution in [1.29, 1.82) is 0 Å². The molecular weight excluding hydrogens is 320 g/mol. The van der Waals surface area contributed by atoms with Gasteiger partial charge in [0, 0.05) is 16.3 Å². The van der Waals surface area contributed by atoms with E-state index in [2.05, 4.69) is 5.32 Å². The van der Waals surface area contributed by atoms with Gasteiger partial charge in [-0.15, -0.1) is 0 Å². The van der Waals surface area contributed by atoms with Gasteiger partial charge in [0.25, 0.3) is 0 Å². The lowest BCUT2D eigenvalue weighted by molar-refractivity contribution is -0.402. The first kappa shape index (κ1) is 16.5. The van der Waals surface area contributed by atoms with Crippen molar-refractivity contribution in [2.45, 2.75) is 0 Å². The summed E-state index contributed by atoms with van der Waals surface area (Å²) in [4.78, 5) is 22.5. The highest BCUT2D eigenvalue weighted by Crippen LogP contribution is 2.27. The molecule has 0 atom stereocenters. The number of ether oxygens (including phenoxy) is 1. The van der Waals surface area contributed by atoms with Crippen LogP contribution in [0.3, 0.4) is 0 Å². The predicted molar refractivity (Wildman–Crippen MR) is 87.6 cm³/mol. The van der Waals surface area contributed by atoms with Crippen LogP contribution in [0.4, 0.5) is 5.69 Å². The molecule has 0 heterocycles. The highest BCUT2D eigenvalue weighted by Gasteiger charge is 2.17. The van der Waals surface area contributed by atoms with E-state index in [9.17, 15) is 14.9 Å². The summed E-state index contributed by atoms with van der Waals surface area (Å²) in [5.41, 5.74) is 1.07. The van der Waals surface area contributed by atoms with Gasteiger partial charge in [-0.1, -0.05) is 23.7 Å². The molecule has 23 heavy (non-hydrogen) atoms. The minimum atomic E-state index is -0.607. The molecule has 0 aliphatic heterocycles. The van der Waals surface area contributed by atoms with Crippen LogP contribution >= 0.6 is 11.6 Å². The van der Waals surface area contributed by atoms with Crippen LogP contribution in [0.5, 0.6) is 5.75 Å². The van der Waals surface area contributed by atoms with E-state index in [0.717, 1.165) is 12.4 Å². The topological polar surface area (TPSA) is 81.5 Å². The average Bonchev–Trinajstić information content (AvgIpc) is 2.55. The maximum atomic E-state index is 12.8. The van der Waals surface area contributed by atoms with Crippen molar-refractivity contribution in [3.63, 3.8) is 0 Å². The zero-order valence-corrected chi connectivity index (χ0v) is 12.9. The number of hydrogen-bond donors (Lipinski definition) is 1. The number of carbonyl (C=O) groups excluding carboxylic acids is 1. The van der Waals surface area contributed by atoms with E-state index in [1.54, 1.807) is 36.4 Å². The average molecular weight is 333 g/mol. The second-order valence-corrected chi connectivity index (χ2v) is 4.90. The zero-order valence-electron chi connectivity index (χ0n) is 12.2.